The topological polar surface area (TPSA) is 71.9 Å². The summed E-state index contributed by atoms with van der Waals surface area (Å²) in [6.07, 6.45) is 4.12. The third kappa shape index (κ3) is 3.66. The van der Waals surface area contributed by atoms with E-state index in [1.165, 1.54) is 0 Å². The van der Waals surface area contributed by atoms with Crippen molar-refractivity contribution in [3.8, 4) is 5.75 Å². The molecular formula is C24H29ClN2O4. The Kier molecular flexibility index (Phi) is 6.13. The van der Waals surface area contributed by atoms with Gasteiger partial charge in [0, 0.05) is 35.8 Å². The number of hydrogen-bond donors (Lipinski definition) is 1. The van der Waals surface area contributed by atoms with Crippen LogP contribution in [0.2, 0.25) is 5.02 Å². The molecule has 0 spiro atoms. The maximum atomic E-state index is 12.5. The van der Waals surface area contributed by atoms with Crippen LogP contribution in [0.4, 0.5) is 4.79 Å². The Morgan fingerprint density at radius 3 is 2.77 bits per heavy atom. The highest BCUT2D eigenvalue weighted by Crippen LogP contribution is 2.51. The van der Waals surface area contributed by atoms with Crippen LogP contribution in [0.3, 0.4) is 0 Å². The zero-order chi connectivity index (χ0) is 22.2. The lowest BCUT2D eigenvalue weighted by atomic mass is 9.72. The van der Waals surface area contributed by atoms with Gasteiger partial charge in [-0.1, -0.05) is 17.7 Å². The summed E-state index contributed by atoms with van der Waals surface area (Å²) in [5, 5.41) is 13.2. The third-order valence-corrected chi connectivity index (χ3v) is 7.14. The average Bonchev–Trinajstić information content (AvgIpc) is 2.92. The first kappa shape index (κ1) is 21.9. The number of likely N-dealkylation sites (tertiary alicyclic amines) is 1. The summed E-state index contributed by atoms with van der Waals surface area (Å²) in [6.45, 7) is 5.15. The lowest BCUT2D eigenvalue weighted by Crippen LogP contribution is -2.47. The molecule has 1 fully saturated rings. The molecule has 1 aliphatic heterocycles. The molecule has 0 bridgehead atoms. The van der Waals surface area contributed by atoms with E-state index in [4.69, 9.17) is 21.1 Å². The fraction of sp³-hybridized carbons (Fsp3) is 0.500. The molecule has 1 saturated heterocycles. The molecule has 7 heteroatoms. The number of piperidine rings is 1. The van der Waals surface area contributed by atoms with Crippen LogP contribution in [-0.4, -0.2) is 47.9 Å². The van der Waals surface area contributed by atoms with Gasteiger partial charge in [-0.25, -0.2) is 4.79 Å². The van der Waals surface area contributed by atoms with Gasteiger partial charge in [-0.3, -0.25) is 4.98 Å². The van der Waals surface area contributed by atoms with Crippen LogP contribution in [0.5, 0.6) is 5.75 Å². The number of amides is 1. The number of aromatic nitrogens is 1. The van der Waals surface area contributed by atoms with E-state index in [1.54, 1.807) is 25.1 Å². The second kappa shape index (κ2) is 8.67. The van der Waals surface area contributed by atoms with E-state index in [1.807, 2.05) is 25.1 Å². The molecule has 1 aromatic carbocycles. The first-order chi connectivity index (χ1) is 14.9. The van der Waals surface area contributed by atoms with E-state index >= 15 is 0 Å². The number of methoxy groups -OCH3 is 1. The fourth-order valence-corrected chi connectivity index (χ4v) is 5.34. The highest BCUT2D eigenvalue weighted by atomic mass is 35.5. The minimum atomic E-state index is -1.36. The molecule has 4 rings (SSSR count). The zero-order valence-corrected chi connectivity index (χ0v) is 19.0. The van der Waals surface area contributed by atoms with Gasteiger partial charge in [0.25, 0.3) is 0 Å². The van der Waals surface area contributed by atoms with Crippen molar-refractivity contribution < 1.29 is 19.4 Å². The largest absolute Gasteiger partial charge is 0.496 e. The highest BCUT2D eigenvalue weighted by Gasteiger charge is 2.49. The Morgan fingerprint density at radius 2 is 2.10 bits per heavy atom. The van der Waals surface area contributed by atoms with Crippen molar-refractivity contribution in [3.05, 3.63) is 57.4 Å². The van der Waals surface area contributed by atoms with Crippen LogP contribution in [0.1, 0.15) is 47.7 Å². The maximum Gasteiger partial charge on any atom is 0.409 e. The molecule has 6 nitrogen and oxygen atoms in total. The van der Waals surface area contributed by atoms with Crippen molar-refractivity contribution in [2.24, 2.45) is 5.92 Å². The minimum Gasteiger partial charge on any atom is -0.496 e. The monoisotopic (exact) mass is 444 g/mol. The van der Waals surface area contributed by atoms with Crippen LogP contribution in [0.15, 0.2) is 24.4 Å². The normalized spacial score (nSPS) is 21.1. The summed E-state index contributed by atoms with van der Waals surface area (Å²) in [7, 11) is 1.62. The number of aryl methyl sites for hydroxylation is 2. The molecular weight excluding hydrogens is 416 g/mol. The lowest BCUT2D eigenvalue weighted by molar-refractivity contribution is -0.0192. The molecule has 2 heterocycles. The van der Waals surface area contributed by atoms with E-state index in [0.717, 1.165) is 28.7 Å². The van der Waals surface area contributed by atoms with Crippen molar-refractivity contribution in [1.29, 1.82) is 0 Å². The number of carbonyl (C=O) groups is 1. The van der Waals surface area contributed by atoms with Gasteiger partial charge in [-0.05, 0) is 68.4 Å². The molecule has 2 aromatic rings. The quantitative estimate of drug-likeness (QED) is 0.766. The number of pyridine rings is 1. The van der Waals surface area contributed by atoms with Gasteiger partial charge < -0.3 is 19.5 Å². The number of hydrogen-bond acceptors (Lipinski definition) is 5. The van der Waals surface area contributed by atoms with E-state index in [2.05, 4.69) is 4.98 Å². The van der Waals surface area contributed by atoms with Crippen molar-refractivity contribution in [3.63, 3.8) is 0 Å². The number of ether oxygens (including phenoxy) is 2. The molecule has 1 aromatic heterocycles. The highest BCUT2D eigenvalue weighted by molar-refractivity contribution is 6.32. The van der Waals surface area contributed by atoms with E-state index in [0.29, 0.717) is 55.4 Å². The van der Waals surface area contributed by atoms with Gasteiger partial charge in [0.15, 0.2) is 0 Å². The molecule has 0 radical (unpaired) electrons. The number of benzene rings is 1. The predicted molar refractivity (Wildman–Crippen MR) is 119 cm³/mol. The van der Waals surface area contributed by atoms with Crippen LogP contribution in [-0.2, 0) is 23.2 Å². The van der Waals surface area contributed by atoms with Crippen LogP contribution >= 0.6 is 11.6 Å². The minimum absolute atomic E-state index is 0.142. The van der Waals surface area contributed by atoms with Gasteiger partial charge in [0.1, 0.15) is 11.4 Å². The summed E-state index contributed by atoms with van der Waals surface area (Å²) in [5.74, 6) is 0.488. The van der Waals surface area contributed by atoms with E-state index in [-0.39, 0.29) is 12.0 Å². The van der Waals surface area contributed by atoms with Crippen LogP contribution in [0, 0.1) is 12.8 Å². The molecule has 0 saturated carbocycles. The van der Waals surface area contributed by atoms with Crippen LogP contribution in [0.25, 0.3) is 0 Å². The van der Waals surface area contributed by atoms with Gasteiger partial charge >= 0.3 is 6.09 Å². The Labute approximate surface area is 188 Å². The van der Waals surface area contributed by atoms with Crippen molar-refractivity contribution in [2.45, 2.75) is 45.1 Å². The van der Waals surface area contributed by atoms with Crippen LogP contribution < -0.4 is 4.74 Å². The second-order valence-electron chi connectivity index (χ2n) is 8.30. The number of rotatable bonds is 3. The Hall–Kier alpha value is -2.31. The zero-order valence-electron chi connectivity index (χ0n) is 18.3. The third-order valence-electron chi connectivity index (χ3n) is 6.62. The molecule has 1 aliphatic carbocycles. The number of halogens is 1. The predicted octanol–water partition coefficient (Wildman–Crippen LogP) is 4.26. The summed E-state index contributed by atoms with van der Waals surface area (Å²) < 4.78 is 10.9. The van der Waals surface area contributed by atoms with Gasteiger partial charge in [-0.2, -0.15) is 0 Å². The number of carbonyl (C=O) groups excluding carboxylic acids is 1. The van der Waals surface area contributed by atoms with Gasteiger partial charge in [0.05, 0.1) is 19.4 Å². The standard InChI is InChI=1S/C24H29ClN2O4/c1-4-31-23(28)27-12-9-17(10-13-27)24(29)20-18(21(25)15(2)14-19(20)30-3)8-7-16-6-5-11-26-22(16)24/h5-6,11,14,17,29H,4,7-10,12-13H2,1-3H3. The summed E-state index contributed by atoms with van der Waals surface area (Å²) in [6, 6.07) is 5.83. The summed E-state index contributed by atoms with van der Waals surface area (Å²) in [4.78, 5) is 18.6. The first-order valence-electron chi connectivity index (χ1n) is 10.9. The molecule has 166 valence electrons. The second-order valence-corrected chi connectivity index (χ2v) is 8.68. The Balaban J connectivity index is 1.83. The smallest absolute Gasteiger partial charge is 0.409 e. The van der Waals surface area contributed by atoms with E-state index < -0.39 is 5.60 Å². The van der Waals surface area contributed by atoms with E-state index in [9.17, 15) is 9.90 Å². The van der Waals surface area contributed by atoms with Gasteiger partial charge in [-0.15, -0.1) is 0 Å². The number of aliphatic hydroxyl groups is 1. The SMILES string of the molecule is CCOC(=O)N1CCC(C2(O)c3ncccc3CCc3c(Cl)c(C)cc(OC)c32)CC1. The molecule has 1 atom stereocenters. The molecule has 1 amide bonds. The summed E-state index contributed by atoms with van der Waals surface area (Å²) >= 11 is 6.76. The molecule has 1 unspecified atom stereocenters. The van der Waals surface area contributed by atoms with Crippen molar-refractivity contribution >= 4 is 17.7 Å². The lowest BCUT2D eigenvalue weighted by Gasteiger charge is -2.42. The number of nitrogens with zero attached hydrogens (tertiary/aromatic N) is 2. The maximum absolute atomic E-state index is 12.5. The summed E-state index contributed by atoms with van der Waals surface area (Å²) in [5.41, 5.74) is 2.90. The van der Waals surface area contributed by atoms with Crippen molar-refractivity contribution in [2.75, 3.05) is 26.8 Å². The number of fused-ring (bicyclic) bond motifs is 2. The van der Waals surface area contributed by atoms with Gasteiger partial charge in [0.2, 0.25) is 0 Å². The molecule has 2 aliphatic rings. The molecule has 1 N–H and O–H groups in total. The Bertz CT molecular complexity index is 988. The van der Waals surface area contributed by atoms with Crippen molar-refractivity contribution in [1.82, 2.24) is 9.88 Å². The average molecular weight is 445 g/mol. The Morgan fingerprint density at radius 1 is 1.35 bits per heavy atom. The fourth-order valence-electron chi connectivity index (χ4n) is 5.10. The first-order valence-corrected chi connectivity index (χ1v) is 11.2. The molecule has 31 heavy (non-hydrogen) atoms.